The summed E-state index contributed by atoms with van der Waals surface area (Å²) in [6, 6.07) is 0.164. The lowest BCUT2D eigenvalue weighted by atomic mass is 9.84. The maximum atomic E-state index is 13.4. The molecule has 0 aromatic carbocycles. The van der Waals surface area contributed by atoms with E-state index in [9.17, 15) is 14.4 Å². The molecule has 0 radical (unpaired) electrons. The molecule has 31 heavy (non-hydrogen) atoms. The molecule has 1 saturated carbocycles. The van der Waals surface area contributed by atoms with E-state index in [0.29, 0.717) is 29.8 Å². The van der Waals surface area contributed by atoms with Crippen LogP contribution < -0.4 is 0 Å². The molecule has 0 spiro atoms. The molecule has 1 amide bonds. The molecule has 1 atom stereocenters. The zero-order valence-corrected chi connectivity index (χ0v) is 20.6. The molecule has 6 heteroatoms. The van der Waals surface area contributed by atoms with Crippen molar-refractivity contribution < 1.29 is 19.1 Å². The van der Waals surface area contributed by atoms with Crippen LogP contribution in [0.5, 0.6) is 0 Å². The second-order valence-corrected chi connectivity index (χ2v) is 10.1. The Labute approximate surface area is 187 Å². The predicted molar refractivity (Wildman–Crippen MR) is 122 cm³/mol. The van der Waals surface area contributed by atoms with Crippen molar-refractivity contribution in [3.8, 4) is 0 Å². The summed E-state index contributed by atoms with van der Waals surface area (Å²) in [7, 11) is 0. The summed E-state index contributed by atoms with van der Waals surface area (Å²) in [4.78, 5) is 40.7. The SMILES string of the molecule is CCOC(=O)c1c(C)c(C(=O)CN(C(=O)C[C@H](C)CC(C)(C)C)C2CC2)c(C)n1CC. The highest BCUT2D eigenvalue weighted by Gasteiger charge is 2.36. The van der Waals surface area contributed by atoms with Crippen LogP contribution in [-0.2, 0) is 16.1 Å². The number of ketones is 1. The van der Waals surface area contributed by atoms with E-state index in [-0.39, 0.29) is 42.2 Å². The molecule has 1 fully saturated rings. The van der Waals surface area contributed by atoms with Gasteiger partial charge in [-0.2, -0.15) is 0 Å². The summed E-state index contributed by atoms with van der Waals surface area (Å²) >= 11 is 0. The number of aromatic nitrogens is 1. The lowest BCUT2D eigenvalue weighted by Gasteiger charge is -2.27. The lowest BCUT2D eigenvalue weighted by Crippen LogP contribution is -2.38. The van der Waals surface area contributed by atoms with Crippen molar-refractivity contribution in [1.29, 1.82) is 0 Å². The summed E-state index contributed by atoms with van der Waals surface area (Å²) in [5.41, 5.74) is 2.56. The van der Waals surface area contributed by atoms with Crippen molar-refractivity contribution in [3.05, 3.63) is 22.5 Å². The Balaban J connectivity index is 2.24. The quantitative estimate of drug-likeness (QED) is 0.388. The van der Waals surface area contributed by atoms with Gasteiger partial charge in [0.25, 0.3) is 0 Å². The Morgan fingerprint density at radius 2 is 1.77 bits per heavy atom. The van der Waals surface area contributed by atoms with Gasteiger partial charge in [-0.25, -0.2) is 4.79 Å². The Morgan fingerprint density at radius 3 is 2.26 bits per heavy atom. The van der Waals surface area contributed by atoms with Gasteiger partial charge < -0.3 is 14.2 Å². The van der Waals surface area contributed by atoms with Crippen molar-refractivity contribution in [3.63, 3.8) is 0 Å². The molecule has 1 aliphatic rings. The van der Waals surface area contributed by atoms with Gasteiger partial charge in [-0.3, -0.25) is 9.59 Å². The van der Waals surface area contributed by atoms with Crippen molar-refractivity contribution >= 4 is 17.7 Å². The second kappa shape index (κ2) is 10.0. The third-order valence-electron chi connectivity index (χ3n) is 5.94. The van der Waals surface area contributed by atoms with Crippen LogP contribution in [0.2, 0.25) is 0 Å². The van der Waals surface area contributed by atoms with Gasteiger partial charge in [0.2, 0.25) is 5.91 Å². The number of esters is 1. The Hall–Kier alpha value is -2.11. The first-order chi connectivity index (χ1) is 14.4. The topological polar surface area (TPSA) is 68.6 Å². The Bertz CT molecular complexity index is 828. The van der Waals surface area contributed by atoms with E-state index in [2.05, 4.69) is 27.7 Å². The number of rotatable bonds is 10. The monoisotopic (exact) mass is 432 g/mol. The predicted octanol–water partition coefficient (Wildman–Crippen LogP) is 4.94. The van der Waals surface area contributed by atoms with Crippen molar-refractivity contribution in [2.45, 2.75) is 93.7 Å². The number of carbonyl (C=O) groups excluding carboxylic acids is 3. The molecule has 1 aliphatic carbocycles. The van der Waals surface area contributed by atoms with Crippen molar-refractivity contribution in [2.75, 3.05) is 13.2 Å². The van der Waals surface area contributed by atoms with Gasteiger partial charge in [0.05, 0.1) is 13.2 Å². The lowest BCUT2D eigenvalue weighted by molar-refractivity contribution is -0.132. The normalized spacial score (nSPS) is 15.0. The first-order valence-corrected chi connectivity index (χ1v) is 11.6. The van der Waals surface area contributed by atoms with E-state index < -0.39 is 5.97 Å². The summed E-state index contributed by atoms with van der Waals surface area (Å²) in [6.45, 7) is 17.0. The minimum Gasteiger partial charge on any atom is -0.461 e. The molecular weight excluding hydrogens is 392 g/mol. The highest BCUT2D eigenvalue weighted by Crippen LogP contribution is 2.32. The fourth-order valence-electron chi connectivity index (χ4n) is 4.74. The fourth-order valence-corrected chi connectivity index (χ4v) is 4.74. The van der Waals surface area contributed by atoms with Crippen LogP contribution in [0.3, 0.4) is 0 Å². The van der Waals surface area contributed by atoms with E-state index in [0.717, 1.165) is 25.0 Å². The number of ether oxygens (including phenoxy) is 1. The first kappa shape index (κ1) is 25.2. The third-order valence-corrected chi connectivity index (χ3v) is 5.94. The molecule has 1 aromatic heterocycles. The van der Waals surface area contributed by atoms with E-state index in [1.807, 2.05) is 18.4 Å². The highest BCUT2D eigenvalue weighted by molar-refractivity contribution is 6.04. The molecule has 1 aromatic rings. The summed E-state index contributed by atoms with van der Waals surface area (Å²) in [5, 5.41) is 0. The smallest absolute Gasteiger partial charge is 0.355 e. The van der Waals surface area contributed by atoms with Crippen LogP contribution in [0.25, 0.3) is 0 Å². The second-order valence-electron chi connectivity index (χ2n) is 10.1. The van der Waals surface area contributed by atoms with E-state index in [1.54, 1.807) is 18.7 Å². The van der Waals surface area contributed by atoms with Crippen LogP contribution in [0.15, 0.2) is 0 Å². The minimum absolute atomic E-state index is 0.0587. The number of hydrogen-bond donors (Lipinski definition) is 0. The maximum absolute atomic E-state index is 13.4. The number of carbonyl (C=O) groups is 3. The molecule has 174 valence electrons. The van der Waals surface area contributed by atoms with Crippen LogP contribution in [0.1, 0.15) is 99.3 Å². The van der Waals surface area contributed by atoms with E-state index in [4.69, 9.17) is 4.74 Å². The van der Waals surface area contributed by atoms with Crippen molar-refractivity contribution in [1.82, 2.24) is 9.47 Å². The van der Waals surface area contributed by atoms with E-state index in [1.165, 1.54) is 0 Å². The number of nitrogens with zero attached hydrogens (tertiary/aromatic N) is 2. The number of hydrogen-bond acceptors (Lipinski definition) is 4. The molecule has 0 saturated heterocycles. The van der Waals surface area contributed by atoms with Gasteiger partial charge in [-0.1, -0.05) is 27.7 Å². The largest absolute Gasteiger partial charge is 0.461 e. The maximum Gasteiger partial charge on any atom is 0.355 e. The van der Waals surface area contributed by atoms with Crippen LogP contribution in [-0.4, -0.2) is 46.3 Å². The molecule has 0 aliphatic heterocycles. The van der Waals surface area contributed by atoms with E-state index >= 15 is 0 Å². The van der Waals surface area contributed by atoms with Gasteiger partial charge in [0.1, 0.15) is 5.69 Å². The molecular formula is C25H40N2O4. The Kier molecular flexibility index (Phi) is 8.12. The minimum atomic E-state index is -0.407. The molecule has 0 unspecified atom stereocenters. The number of amides is 1. The van der Waals surface area contributed by atoms with Gasteiger partial charge >= 0.3 is 5.97 Å². The highest BCUT2D eigenvalue weighted by atomic mass is 16.5. The third kappa shape index (κ3) is 6.20. The average Bonchev–Trinajstić information content (AvgIpc) is 3.43. The van der Waals surface area contributed by atoms with Crippen LogP contribution >= 0.6 is 0 Å². The summed E-state index contributed by atoms with van der Waals surface area (Å²) in [6.07, 6.45) is 3.33. The molecule has 1 heterocycles. The van der Waals surface area contributed by atoms with Crippen LogP contribution in [0.4, 0.5) is 0 Å². The summed E-state index contributed by atoms with van der Waals surface area (Å²) < 4.78 is 7.06. The first-order valence-electron chi connectivity index (χ1n) is 11.6. The fraction of sp³-hybridized carbons (Fsp3) is 0.720. The van der Waals surface area contributed by atoms with Gasteiger partial charge in [0, 0.05) is 30.3 Å². The molecule has 0 N–H and O–H groups in total. The number of Topliss-reactive ketones (excluding diaryl/α,β-unsaturated/α-hetero) is 1. The zero-order chi connectivity index (χ0) is 23.5. The van der Waals surface area contributed by atoms with Gasteiger partial charge in [-0.05, 0) is 63.9 Å². The van der Waals surface area contributed by atoms with Crippen LogP contribution in [0, 0.1) is 25.2 Å². The molecule has 0 bridgehead atoms. The van der Waals surface area contributed by atoms with Crippen molar-refractivity contribution in [2.24, 2.45) is 11.3 Å². The summed E-state index contributed by atoms with van der Waals surface area (Å²) in [5.74, 6) is -0.182. The molecule has 2 rings (SSSR count). The Morgan fingerprint density at radius 1 is 1.16 bits per heavy atom. The average molecular weight is 433 g/mol. The standard InChI is InChI=1S/C25H40N2O4/c1-9-26-18(5)22(17(4)23(26)24(30)31-10-2)20(28)15-27(19-11-12-19)21(29)13-16(3)14-25(6,7)8/h16,19H,9-15H2,1-8H3/t16-/m0/s1. The van der Waals surface area contributed by atoms with Gasteiger partial charge in [0.15, 0.2) is 5.78 Å². The molecule has 6 nitrogen and oxygen atoms in total. The van der Waals surface area contributed by atoms with Gasteiger partial charge in [-0.15, -0.1) is 0 Å². The zero-order valence-electron chi connectivity index (χ0n) is 20.6.